The van der Waals surface area contributed by atoms with Crippen molar-refractivity contribution < 1.29 is 13.2 Å². The van der Waals surface area contributed by atoms with Gasteiger partial charge in [-0.15, -0.1) is 6.58 Å². The molecule has 0 aliphatic rings. The monoisotopic (exact) mass is 391 g/mol. The van der Waals surface area contributed by atoms with Crippen molar-refractivity contribution in [2.24, 2.45) is 0 Å². The van der Waals surface area contributed by atoms with Gasteiger partial charge in [-0.05, 0) is 35.3 Å². The molecular weight excluding hydrogens is 370 g/mol. The van der Waals surface area contributed by atoms with Crippen LogP contribution >= 0.6 is 11.6 Å². The third kappa shape index (κ3) is 5.13. The van der Waals surface area contributed by atoms with Crippen LogP contribution in [-0.4, -0.2) is 26.1 Å². The molecule has 26 heavy (non-hydrogen) atoms. The molecule has 0 aromatic heterocycles. The minimum absolute atomic E-state index is 0.162. The van der Waals surface area contributed by atoms with Gasteiger partial charge in [0.2, 0.25) is 10.0 Å². The van der Waals surface area contributed by atoms with Gasteiger partial charge in [-0.1, -0.05) is 60.1 Å². The fraction of sp³-hybridized carbons (Fsp3) is 0.200. The van der Waals surface area contributed by atoms with Crippen molar-refractivity contribution in [3.05, 3.63) is 83.5 Å². The van der Waals surface area contributed by atoms with Gasteiger partial charge in [0.1, 0.15) is 10.9 Å². The predicted molar refractivity (Wildman–Crippen MR) is 107 cm³/mol. The molecule has 0 radical (unpaired) electrons. The molecule has 0 aliphatic carbocycles. The highest BCUT2D eigenvalue weighted by molar-refractivity contribution is 7.88. The van der Waals surface area contributed by atoms with Crippen LogP contribution in [0.2, 0.25) is 0 Å². The summed E-state index contributed by atoms with van der Waals surface area (Å²) in [7, 11) is -1.97. The van der Waals surface area contributed by atoms with E-state index in [0.29, 0.717) is 17.7 Å². The van der Waals surface area contributed by atoms with Crippen molar-refractivity contribution in [1.29, 1.82) is 0 Å². The molecule has 0 bridgehead atoms. The summed E-state index contributed by atoms with van der Waals surface area (Å²) in [6, 6.07) is 16.7. The molecule has 0 unspecified atom stereocenters. The largest absolute Gasteiger partial charge is 0.497 e. The molecule has 0 heterocycles. The molecule has 0 spiro atoms. The van der Waals surface area contributed by atoms with E-state index < -0.39 is 10.0 Å². The average molecular weight is 392 g/mol. The Bertz CT molecular complexity index is 875. The zero-order valence-electron chi connectivity index (χ0n) is 14.9. The number of sulfonamides is 1. The van der Waals surface area contributed by atoms with Crippen LogP contribution in [0.4, 0.5) is 0 Å². The lowest BCUT2D eigenvalue weighted by Crippen LogP contribution is -2.27. The Labute approximate surface area is 160 Å². The number of allylic oxidation sites excluding steroid dienone is 2. The number of rotatable bonds is 8. The van der Waals surface area contributed by atoms with Gasteiger partial charge in [0, 0.05) is 0 Å². The molecule has 0 saturated carbocycles. The van der Waals surface area contributed by atoms with Gasteiger partial charge in [0.25, 0.3) is 0 Å². The Morgan fingerprint density at radius 2 is 1.77 bits per heavy atom. The average Bonchev–Trinajstić information content (AvgIpc) is 2.64. The Balaban J connectivity index is 2.51. The zero-order chi connectivity index (χ0) is 19.2. The van der Waals surface area contributed by atoms with Crippen LogP contribution < -0.4 is 4.74 Å². The summed E-state index contributed by atoms with van der Waals surface area (Å²) in [6.07, 6.45) is 3.29. The molecule has 0 aliphatic heterocycles. The highest BCUT2D eigenvalue weighted by Crippen LogP contribution is 2.31. The Kier molecular flexibility index (Phi) is 6.89. The summed E-state index contributed by atoms with van der Waals surface area (Å²) < 4.78 is 31.1. The van der Waals surface area contributed by atoms with Gasteiger partial charge in [-0.3, -0.25) is 4.31 Å². The van der Waals surface area contributed by atoms with Crippen LogP contribution in [0.1, 0.15) is 17.5 Å². The van der Waals surface area contributed by atoms with E-state index in [1.54, 1.807) is 13.2 Å². The van der Waals surface area contributed by atoms with Gasteiger partial charge < -0.3 is 4.74 Å². The van der Waals surface area contributed by atoms with Crippen molar-refractivity contribution in [1.82, 2.24) is 4.31 Å². The molecular formula is C20H22ClNO3S. The van der Waals surface area contributed by atoms with Crippen LogP contribution in [0.3, 0.4) is 0 Å². The number of methoxy groups -OCH3 is 1. The van der Waals surface area contributed by atoms with E-state index in [9.17, 15) is 8.42 Å². The lowest BCUT2D eigenvalue weighted by molar-refractivity contribution is 0.415. The van der Waals surface area contributed by atoms with E-state index in [1.165, 1.54) is 4.31 Å². The summed E-state index contributed by atoms with van der Waals surface area (Å²) in [5, 5.41) is 0.168. The molecule has 0 fully saturated rings. The summed E-state index contributed by atoms with van der Waals surface area (Å²) in [5.41, 5.74) is 2.35. The Morgan fingerprint density at radius 1 is 1.15 bits per heavy atom. The second-order valence-electron chi connectivity index (χ2n) is 5.75. The van der Waals surface area contributed by atoms with E-state index >= 15 is 0 Å². The van der Waals surface area contributed by atoms with Crippen LogP contribution in [-0.2, 0) is 16.6 Å². The number of benzene rings is 2. The molecule has 0 atom stereocenters. The van der Waals surface area contributed by atoms with Crippen molar-refractivity contribution >= 4 is 27.2 Å². The van der Waals surface area contributed by atoms with Crippen LogP contribution in [0, 0.1) is 0 Å². The first-order chi connectivity index (χ1) is 12.4. The molecule has 0 saturated heterocycles. The van der Waals surface area contributed by atoms with E-state index in [2.05, 4.69) is 6.58 Å². The molecule has 4 nitrogen and oxygen atoms in total. The second-order valence-corrected chi connectivity index (χ2v) is 8.01. The van der Waals surface area contributed by atoms with Crippen LogP contribution in [0.5, 0.6) is 5.75 Å². The minimum Gasteiger partial charge on any atom is -0.497 e. The topological polar surface area (TPSA) is 46.6 Å². The van der Waals surface area contributed by atoms with Gasteiger partial charge in [0.15, 0.2) is 0 Å². The lowest BCUT2D eigenvalue weighted by atomic mass is 10.0. The van der Waals surface area contributed by atoms with E-state index in [-0.39, 0.29) is 11.7 Å². The van der Waals surface area contributed by atoms with E-state index in [4.69, 9.17) is 16.3 Å². The highest BCUT2D eigenvalue weighted by atomic mass is 35.5. The molecule has 2 rings (SSSR count). The lowest BCUT2D eigenvalue weighted by Gasteiger charge is -2.24. The zero-order valence-corrected chi connectivity index (χ0v) is 16.4. The van der Waals surface area contributed by atoms with Gasteiger partial charge in [0.05, 0.1) is 19.9 Å². The maximum atomic E-state index is 12.4. The van der Waals surface area contributed by atoms with Gasteiger partial charge >= 0.3 is 0 Å². The second kappa shape index (κ2) is 8.92. The molecule has 0 N–H and O–H groups in total. The maximum Gasteiger partial charge on any atom is 0.233 e. The summed E-state index contributed by atoms with van der Waals surface area (Å²) in [4.78, 5) is 0. The normalized spacial score (nSPS) is 12.3. The fourth-order valence-corrected chi connectivity index (χ4v) is 3.90. The SMILES string of the molecule is C=CC/C(=C(\Cl)N(Cc1ccccc1)S(C)(=O)=O)c1ccc(OC)cc1. The van der Waals surface area contributed by atoms with Crippen molar-refractivity contribution in [2.75, 3.05) is 13.4 Å². The first-order valence-corrected chi connectivity index (χ1v) is 10.2. The number of nitrogens with zero attached hydrogens (tertiary/aromatic N) is 1. The van der Waals surface area contributed by atoms with Crippen molar-refractivity contribution in [2.45, 2.75) is 13.0 Å². The quantitative estimate of drug-likeness (QED) is 0.486. The molecule has 0 amide bonds. The third-order valence-corrected chi connectivity index (χ3v) is 5.47. The first-order valence-electron chi connectivity index (χ1n) is 8.02. The standard InChI is InChI=1S/C20H22ClNO3S/c1-4-8-19(17-11-13-18(25-2)14-12-17)20(21)22(26(3,23)24)15-16-9-6-5-7-10-16/h4-7,9-14H,1,8,15H2,2-3H3/b20-19-. The fourth-order valence-electron chi connectivity index (χ4n) is 2.49. The number of hydrogen-bond donors (Lipinski definition) is 0. The van der Waals surface area contributed by atoms with Gasteiger partial charge in [-0.25, -0.2) is 8.42 Å². The molecule has 2 aromatic rings. The summed E-state index contributed by atoms with van der Waals surface area (Å²) >= 11 is 6.58. The minimum atomic E-state index is -3.56. The Hall–Kier alpha value is -2.24. The predicted octanol–water partition coefficient (Wildman–Crippen LogP) is 4.64. The highest BCUT2D eigenvalue weighted by Gasteiger charge is 2.22. The van der Waals surface area contributed by atoms with Crippen LogP contribution in [0.25, 0.3) is 5.57 Å². The van der Waals surface area contributed by atoms with Crippen molar-refractivity contribution in [3.63, 3.8) is 0 Å². The third-order valence-electron chi connectivity index (χ3n) is 3.82. The molecule has 6 heteroatoms. The number of hydrogen-bond acceptors (Lipinski definition) is 3. The Morgan fingerprint density at radius 3 is 2.27 bits per heavy atom. The number of ether oxygens (including phenoxy) is 1. The summed E-state index contributed by atoms with van der Waals surface area (Å²) in [6.45, 7) is 3.92. The molecule has 2 aromatic carbocycles. The van der Waals surface area contributed by atoms with E-state index in [0.717, 1.165) is 17.4 Å². The van der Waals surface area contributed by atoms with E-state index in [1.807, 2.05) is 54.6 Å². The smallest absolute Gasteiger partial charge is 0.233 e. The first kappa shape index (κ1) is 20.1. The maximum absolute atomic E-state index is 12.4. The summed E-state index contributed by atoms with van der Waals surface area (Å²) in [5.74, 6) is 0.715. The van der Waals surface area contributed by atoms with Gasteiger partial charge in [-0.2, -0.15) is 0 Å². The molecule has 138 valence electrons. The number of halogens is 1. The van der Waals surface area contributed by atoms with Crippen molar-refractivity contribution in [3.8, 4) is 5.75 Å². The van der Waals surface area contributed by atoms with Crippen LogP contribution in [0.15, 0.2) is 72.4 Å².